The Morgan fingerprint density at radius 2 is 2.29 bits per heavy atom. The molecule has 7 heavy (non-hydrogen) atoms. The van der Waals surface area contributed by atoms with Crippen LogP contribution in [0.3, 0.4) is 0 Å². The van der Waals surface area contributed by atoms with Crippen molar-refractivity contribution in [1.82, 2.24) is 0 Å². The van der Waals surface area contributed by atoms with E-state index < -0.39 is 0 Å². The summed E-state index contributed by atoms with van der Waals surface area (Å²) >= 11 is 0. The molecule has 0 amide bonds. The van der Waals surface area contributed by atoms with Gasteiger partial charge in [0, 0.05) is 0 Å². The van der Waals surface area contributed by atoms with E-state index in [1.54, 1.807) is 6.08 Å². The summed E-state index contributed by atoms with van der Waals surface area (Å²) in [5.74, 6) is 0. The van der Waals surface area contributed by atoms with Crippen molar-refractivity contribution in [3.63, 3.8) is 0 Å². The molecule has 0 aliphatic rings. The Bertz CT molecular complexity index is 64.6. The van der Waals surface area contributed by atoms with E-state index in [1.807, 2.05) is 13.8 Å². The Kier molecular flexibility index (Phi) is 3.71. The van der Waals surface area contributed by atoms with Crippen LogP contribution in [0.1, 0.15) is 20.3 Å². The van der Waals surface area contributed by atoms with Crippen LogP contribution in [0.2, 0.25) is 0 Å². The van der Waals surface area contributed by atoms with Crippen molar-refractivity contribution in [2.24, 2.45) is 0 Å². The first kappa shape index (κ1) is 6.70. The average Bonchev–Trinajstić information content (AvgIpc) is 1.68. The second-order valence-corrected chi connectivity index (χ2v) is 1.57. The first-order chi connectivity index (χ1) is 3.31. The summed E-state index contributed by atoms with van der Waals surface area (Å²) in [6, 6.07) is 0. The molecule has 0 atom stereocenters. The lowest BCUT2D eigenvalue weighted by Crippen LogP contribution is -1.74. The van der Waals surface area contributed by atoms with E-state index in [1.165, 1.54) is 5.57 Å². The van der Waals surface area contributed by atoms with Gasteiger partial charge in [-0.15, -0.1) is 0 Å². The largest absolute Gasteiger partial charge is 0.232 e. The van der Waals surface area contributed by atoms with Crippen LogP contribution < -0.4 is 0 Å². The SMILES string of the molecule is CC/C(C)=C\C[O]. The third-order valence-electron chi connectivity index (χ3n) is 0.989. The van der Waals surface area contributed by atoms with Crippen molar-refractivity contribution in [2.75, 3.05) is 6.61 Å². The molecule has 1 nitrogen and oxygen atoms in total. The molecule has 0 aromatic carbocycles. The van der Waals surface area contributed by atoms with Gasteiger partial charge < -0.3 is 0 Å². The highest BCUT2D eigenvalue weighted by molar-refractivity contribution is 4.95. The molecule has 0 unspecified atom stereocenters. The highest BCUT2D eigenvalue weighted by atomic mass is 16.2. The van der Waals surface area contributed by atoms with Crippen molar-refractivity contribution >= 4 is 0 Å². The predicted molar refractivity (Wildman–Crippen MR) is 29.6 cm³/mol. The van der Waals surface area contributed by atoms with Gasteiger partial charge in [0.05, 0.1) is 0 Å². The standard InChI is InChI=1S/C6H11O/c1-3-6(2)4-5-7/h4H,3,5H2,1-2H3/b6-4-. The van der Waals surface area contributed by atoms with Crippen LogP contribution in [0.5, 0.6) is 0 Å². The third-order valence-corrected chi connectivity index (χ3v) is 0.989. The summed E-state index contributed by atoms with van der Waals surface area (Å²) in [6.45, 7) is 3.94. The summed E-state index contributed by atoms with van der Waals surface area (Å²) < 4.78 is 0. The van der Waals surface area contributed by atoms with Crippen LogP contribution in [0.25, 0.3) is 0 Å². The summed E-state index contributed by atoms with van der Waals surface area (Å²) in [5, 5.41) is 9.82. The number of rotatable bonds is 2. The zero-order valence-electron chi connectivity index (χ0n) is 4.90. The van der Waals surface area contributed by atoms with Gasteiger partial charge in [-0.2, -0.15) is 0 Å². The van der Waals surface area contributed by atoms with E-state index >= 15 is 0 Å². The molecular weight excluding hydrogens is 88.1 g/mol. The molecule has 0 aliphatic carbocycles. The Morgan fingerprint density at radius 1 is 1.71 bits per heavy atom. The lowest BCUT2D eigenvalue weighted by atomic mass is 10.2. The van der Waals surface area contributed by atoms with Gasteiger partial charge in [0.15, 0.2) is 0 Å². The Labute approximate surface area is 44.7 Å². The highest BCUT2D eigenvalue weighted by Gasteiger charge is 1.78. The van der Waals surface area contributed by atoms with E-state index in [0.717, 1.165) is 6.42 Å². The molecule has 0 aromatic rings. The third kappa shape index (κ3) is 3.53. The molecule has 0 fully saturated rings. The summed E-state index contributed by atoms with van der Waals surface area (Å²) in [6.07, 6.45) is 2.71. The Balaban J connectivity index is 3.29. The maximum atomic E-state index is 9.82. The van der Waals surface area contributed by atoms with E-state index in [9.17, 15) is 5.11 Å². The van der Waals surface area contributed by atoms with Crippen LogP contribution in [0.15, 0.2) is 11.6 Å². The molecule has 0 aromatic heterocycles. The van der Waals surface area contributed by atoms with Crippen molar-refractivity contribution in [3.8, 4) is 0 Å². The second-order valence-electron chi connectivity index (χ2n) is 1.57. The molecule has 0 saturated carbocycles. The van der Waals surface area contributed by atoms with E-state index in [-0.39, 0.29) is 6.61 Å². The molecule has 1 heteroatoms. The molecule has 0 bridgehead atoms. The summed E-state index contributed by atoms with van der Waals surface area (Å²) in [5.41, 5.74) is 1.19. The minimum atomic E-state index is -0.0698. The van der Waals surface area contributed by atoms with Gasteiger partial charge in [0.1, 0.15) is 6.61 Å². The predicted octanol–water partition coefficient (Wildman–Crippen LogP) is 1.77. The number of allylic oxidation sites excluding steroid dienone is 1. The zero-order valence-corrected chi connectivity index (χ0v) is 4.90. The van der Waals surface area contributed by atoms with Gasteiger partial charge in [-0.3, -0.25) is 0 Å². The number of hydrogen-bond acceptors (Lipinski definition) is 0. The Hall–Kier alpha value is -0.300. The molecule has 0 spiro atoms. The first-order valence-corrected chi connectivity index (χ1v) is 2.55. The normalized spacial score (nSPS) is 12.1. The van der Waals surface area contributed by atoms with Crippen molar-refractivity contribution in [3.05, 3.63) is 11.6 Å². The minimum Gasteiger partial charge on any atom is -0.232 e. The van der Waals surface area contributed by atoms with E-state index in [4.69, 9.17) is 0 Å². The quantitative estimate of drug-likeness (QED) is 0.470. The van der Waals surface area contributed by atoms with Crippen LogP contribution in [-0.4, -0.2) is 6.61 Å². The lowest BCUT2D eigenvalue weighted by molar-refractivity contribution is 0.231. The molecule has 0 aliphatic heterocycles. The summed E-state index contributed by atoms with van der Waals surface area (Å²) in [7, 11) is 0. The van der Waals surface area contributed by atoms with E-state index in [2.05, 4.69) is 0 Å². The van der Waals surface area contributed by atoms with Gasteiger partial charge >= 0.3 is 0 Å². The molecule has 0 saturated heterocycles. The van der Waals surface area contributed by atoms with Gasteiger partial charge in [-0.25, -0.2) is 5.11 Å². The first-order valence-electron chi connectivity index (χ1n) is 2.55. The van der Waals surface area contributed by atoms with Crippen LogP contribution in [-0.2, 0) is 5.11 Å². The molecule has 0 rings (SSSR count). The van der Waals surface area contributed by atoms with Crippen LogP contribution in [0, 0.1) is 0 Å². The van der Waals surface area contributed by atoms with Crippen molar-refractivity contribution < 1.29 is 5.11 Å². The molecule has 41 valence electrons. The van der Waals surface area contributed by atoms with E-state index in [0.29, 0.717) is 0 Å². The average molecular weight is 99.2 g/mol. The topological polar surface area (TPSA) is 19.9 Å². The monoisotopic (exact) mass is 99.1 g/mol. The van der Waals surface area contributed by atoms with Crippen molar-refractivity contribution in [2.45, 2.75) is 20.3 Å². The maximum Gasteiger partial charge on any atom is 0.101 e. The van der Waals surface area contributed by atoms with Gasteiger partial charge in [0.2, 0.25) is 0 Å². The summed E-state index contributed by atoms with van der Waals surface area (Å²) in [4.78, 5) is 0. The van der Waals surface area contributed by atoms with Gasteiger partial charge in [-0.1, -0.05) is 18.6 Å². The smallest absolute Gasteiger partial charge is 0.101 e. The van der Waals surface area contributed by atoms with Crippen LogP contribution >= 0.6 is 0 Å². The van der Waals surface area contributed by atoms with Crippen molar-refractivity contribution in [1.29, 1.82) is 0 Å². The second kappa shape index (κ2) is 3.88. The molecular formula is C6H11O. The Morgan fingerprint density at radius 3 is 2.43 bits per heavy atom. The maximum absolute atomic E-state index is 9.82. The minimum absolute atomic E-state index is 0.0698. The molecule has 0 N–H and O–H groups in total. The number of hydrogen-bond donors (Lipinski definition) is 0. The van der Waals surface area contributed by atoms with Crippen LogP contribution in [0.4, 0.5) is 0 Å². The molecule has 1 radical (unpaired) electrons. The fraction of sp³-hybridized carbons (Fsp3) is 0.667. The molecule has 0 heterocycles. The van der Waals surface area contributed by atoms with Gasteiger partial charge in [0.25, 0.3) is 0 Å². The lowest BCUT2D eigenvalue weighted by Gasteiger charge is -1.87. The van der Waals surface area contributed by atoms with Gasteiger partial charge in [-0.05, 0) is 13.3 Å². The fourth-order valence-electron chi connectivity index (χ4n) is 0.287. The highest BCUT2D eigenvalue weighted by Crippen LogP contribution is 1.94. The fourth-order valence-corrected chi connectivity index (χ4v) is 0.287. The zero-order chi connectivity index (χ0) is 5.70.